The molecule has 0 aliphatic rings. The summed E-state index contributed by atoms with van der Waals surface area (Å²) in [5.74, 6) is 4.21. The van der Waals surface area contributed by atoms with Crippen LogP contribution in [0.3, 0.4) is 0 Å². The lowest BCUT2D eigenvalue weighted by atomic mass is 10.1. The number of carbonyl (C=O) groups is 1. The predicted molar refractivity (Wildman–Crippen MR) is 67.6 cm³/mol. The zero-order valence-electron chi connectivity index (χ0n) is 10.9. The van der Waals surface area contributed by atoms with Crippen molar-refractivity contribution in [2.45, 2.75) is 19.1 Å². The highest BCUT2D eigenvalue weighted by Gasteiger charge is 2.32. The fraction of sp³-hybridized carbons (Fsp3) is 0.357. The molecule has 0 fully saturated rings. The van der Waals surface area contributed by atoms with E-state index in [9.17, 15) is 18.0 Å². The Morgan fingerprint density at radius 1 is 1.30 bits per heavy atom. The first-order valence-corrected chi connectivity index (χ1v) is 5.81. The van der Waals surface area contributed by atoms with Crippen LogP contribution in [0.5, 0.6) is 0 Å². The van der Waals surface area contributed by atoms with Crippen LogP contribution in [0.4, 0.5) is 13.2 Å². The zero-order valence-corrected chi connectivity index (χ0v) is 10.9. The van der Waals surface area contributed by atoms with Gasteiger partial charge in [0.1, 0.15) is 13.0 Å². The van der Waals surface area contributed by atoms with Crippen molar-refractivity contribution >= 4 is 5.91 Å². The van der Waals surface area contributed by atoms with Crippen LogP contribution < -0.4 is 0 Å². The number of amides is 1. The van der Waals surface area contributed by atoms with Gasteiger partial charge in [-0.05, 0) is 17.7 Å². The highest BCUT2D eigenvalue weighted by atomic mass is 19.4. The van der Waals surface area contributed by atoms with E-state index < -0.39 is 18.5 Å². The van der Waals surface area contributed by atoms with Crippen molar-refractivity contribution in [3.63, 3.8) is 0 Å². The van der Waals surface area contributed by atoms with E-state index in [0.29, 0.717) is 11.1 Å². The van der Waals surface area contributed by atoms with Gasteiger partial charge in [0.2, 0.25) is 5.91 Å². The standard InChI is InChI=1S/C14H14F3NO2/c1-18(13(20)9-14(15,16)17)10-12-6-4-11(5-7-12)3-2-8-19/h4-7,19H,8-10H2,1H3. The molecule has 0 spiro atoms. The van der Waals surface area contributed by atoms with Gasteiger partial charge >= 0.3 is 6.18 Å². The van der Waals surface area contributed by atoms with Crippen LogP contribution in [0.1, 0.15) is 17.5 Å². The summed E-state index contributed by atoms with van der Waals surface area (Å²) in [6.45, 7) is -0.140. The Balaban J connectivity index is 2.62. The number of aliphatic hydroxyl groups is 1. The third-order valence-electron chi connectivity index (χ3n) is 2.46. The molecule has 1 aromatic carbocycles. The summed E-state index contributed by atoms with van der Waals surface area (Å²) in [5.41, 5.74) is 1.39. The third-order valence-corrected chi connectivity index (χ3v) is 2.46. The normalized spacial score (nSPS) is 10.7. The maximum absolute atomic E-state index is 12.1. The van der Waals surface area contributed by atoms with E-state index in [0.717, 1.165) is 4.90 Å². The second kappa shape index (κ2) is 6.96. The Labute approximate surface area is 115 Å². The Morgan fingerprint density at radius 2 is 1.90 bits per heavy atom. The summed E-state index contributed by atoms with van der Waals surface area (Å²) in [7, 11) is 1.33. The average molecular weight is 285 g/mol. The molecular formula is C14H14F3NO2. The molecule has 1 rings (SSSR count). The Morgan fingerprint density at radius 3 is 2.40 bits per heavy atom. The van der Waals surface area contributed by atoms with E-state index in [1.807, 2.05) is 0 Å². The number of rotatable bonds is 3. The van der Waals surface area contributed by atoms with Crippen LogP contribution in [-0.4, -0.2) is 35.7 Å². The molecule has 0 aliphatic carbocycles. The van der Waals surface area contributed by atoms with Crippen LogP contribution in [0.2, 0.25) is 0 Å². The van der Waals surface area contributed by atoms with Gasteiger partial charge < -0.3 is 10.0 Å². The van der Waals surface area contributed by atoms with Crippen molar-refractivity contribution in [1.82, 2.24) is 4.90 Å². The molecular weight excluding hydrogens is 271 g/mol. The molecule has 0 radical (unpaired) electrons. The molecule has 0 heterocycles. The quantitative estimate of drug-likeness (QED) is 0.862. The topological polar surface area (TPSA) is 40.5 Å². The smallest absolute Gasteiger partial charge is 0.384 e. The minimum absolute atomic E-state index is 0.0998. The van der Waals surface area contributed by atoms with E-state index in [4.69, 9.17) is 5.11 Å². The number of hydrogen-bond donors (Lipinski definition) is 1. The third kappa shape index (κ3) is 5.76. The van der Waals surface area contributed by atoms with Crippen molar-refractivity contribution in [3.8, 4) is 11.8 Å². The summed E-state index contributed by atoms with van der Waals surface area (Å²) >= 11 is 0. The number of nitrogens with zero attached hydrogens (tertiary/aromatic N) is 1. The lowest BCUT2D eigenvalue weighted by Gasteiger charge is -2.18. The van der Waals surface area contributed by atoms with E-state index in [1.54, 1.807) is 24.3 Å². The molecule has 0 saturated heterocycles. The molecule has 0 aliphatic heterocycles. The molecule has 20 heavy (non-hydrogen) atoms. The number of benzene rings is 1. The molecule has 1 N–H and O–H groups in total. The van der Waals surface area contributed by atoms with Crippen molar-refractivity contribution in [3.05, 3.63) is 35.4 Å². The Bertz CT molecular complexity index is 512. The van der Waals surface area contributed by atoms with Crippen molar-refractivity contribution < 1.29 is 23.1 Å². The molecule has 0 saturated carbocycles. The molecule has 0 bridgehead atoms. The summed E-state index contributed by atoms with van der Waals surface area (Å²) in [6, 6.07) is 6.72. The van der Waals surface area contributed by atoms with Crippen LogP contribution >= 0.6 is 0 Å². The number of halogens is 3. The molecule has 0 aromatic heterocycles. The zero-order chi connectivity index (χ0) is 15.2. The van der Waals surface area contributed by atoms with Gasteiger partial charge in [-0.3, -0.25) is 4.79 Å². The Hall–Kier alpha value is -2.00. The van der Waals surface area contributed by atoms with Gasteiger partial charge in [-0.15, -0.1) is 0 Å². The molecule has 0 unspecified atom stereocenters. The largest absolute Gasteiger partial charge is 0.397 e. The van der Waals surface area contributed by atoms with Gasteiger partial charge in [0.15, 0.2) is 0 Å². The maximum atomic E-state index is 12.1. The molecule has 1 amide bonds. The van der Waals surface area contributed by atoms with Gasteiger partial charge in [0, 0.05) is 19.2 Å². The van der Waals surface area contributed by atoms with Crippen LogP contribution in [0, 0.1) is 11.8 Å². The van der Waals surface area contributed by atoms with E-state index in [1.165, 1.54) is 7.05 Å². The van der Waals surface area contributed by atoms with E-state index >= 15 is 0 Å². The summed E-state index contributed by atoms with van der Waals surface area (Å²) in [5, 5.41) is 8.55. The first kappa shape index (κ1) is 16.1. The minimum Gasteiger partial charge on any atom is -0.384 e. The monoisotopic (exact) mass is 285 g/mol. The second-order valence-corrected chi connectivity index (χ2v) is 4.20. The minimum atomic E-state index is -4.49. The lowest BCUT2D eigenvalue weighted by Crippen LogP contribution is -2.30. The first-order valence-electron chi connectivity index (χ1n) is 5.81. The SMILES string of the molecule is CN(Cc1ccc(C#CCO)cc1)C(=O)CC(F)(F)F. The van der Waals surface area contributed by atoms with Crippen molar-refractivity contribution in [2.75, 3.05) is 13.7 Å². The Kier molecular flexibility index (Phi) is 5.59. The van der Waals surface area contributed by atoms with Crippen LogP contribution in [0.25, 0.3) is 0 Å². The lowest BCUT2D eigenvalue weighted by molar-refractivity contribution is -0.160. The molecule has 1 aromatic rings. The summed E-state index contributed by atoms with van der Waals surface area (Å²) < 4.78 is 36.3. The van der Waals surface area contributed by atoms with Gasteiger partial charge in [-0.1, -0.05) is 24.0 Å². The number of alkyl halides is 3. The maximum Gasteiger partial charge on any atom is 0.397 e. The summed E-state index contributed by atoms with van der Waals surface area (Å²) in [6.07, 6.45) is -5.95. The van der Waals surface area contributed by atoms with Crippen LogP contribution in [0.15, 0.2) is 24.3 Å². The first-order chi connectivity index (χ1) is 9.31. The molecule has 0 atom stereocenters. The highest BCUT2D eigenvalue weighted by Crippen LogP contribution is 2.20. The molecule has 3 nitrogen and oxygen atoms in total. The van der Waals surface area contributed by atoms with Gasteiger partial charge in [0.05, 0.1) is 0 Å². The van der Waals surface area contributed by atoms with Crippen molar-refractivity contribution in [1.29, 1.82) is 0 Å². The number of aliphatic hydroxyl groups excluding tert-OH is 1. The number of hydrogen-bond acceptors (Lipinski definition) is 2. The van der Waals surface area contributed by atoms with Crippen molar-refractivity contribution in [2.24, 2.45) is 0 Å². The second-order valence-electron chi connectivity index (χ2n) is 4.20. The number of carbonyl (C=O) groups excluding carboxylic acids is 1. The van der Waals surface area contributed by atoms with Gasteiger partial charge in [-0.2, -0.15) is 13.2 Å². The van der Waals surface area contributed by atoms with E-state index in [2.05, 4.69) is 11.8 Å². The molecule has 6 heteroatoms. The average Bonchev–Trinajstić information content (AvgIpc) is 2.36. The van der Waals surface area contributed by atoms with E-state index in [-0.39, 0.29) is 13.2 Å². The van der Waals surface area contributed by atoms with Gasteiger partial charge in [-0.25, -0.2) is 0 Å². The fourth-order valence-corrected chi connectivity index (χ4v) is 1.50. The summed E-state index contributed by atoms with van der Waals surface area (Å²) in [4.78, 5) is 12.4. The predicted octanol–water partition coefficient (Wildman–Crippen LogP) is 1.94. The van der Waals surface area contributed by atoms with Crippen LogP contribution in [-0.2, 0) is 11.3 Å². The highest BCUT2D eigenvalue weighted by molar-refractivity contribution is 5.76. The van der Waals surface area contributed by atoms with Gasteiger partial charge in [0.25, 0.3) is 0 Å². The fourth-order valence-electron chi connectivity index (χ4n) is 1.50. The molecule has 108 valence electrons.